The Kier molecular flexibility index (Phi) is 5.81. The summed E-state index contributed by atoms with van der Waals surface area (Å²) in [7, 11) is 0. The minimum absolute atomic E-state index is 0.134. The van der Waals surface area contributed by atoms with Gasteiger partial charge in [0.05, 0.1) is 0 Å². The van der Waals surface area contributed by atoms with E-state index in [4.69, 9.17) is 0 Å². The Morgan fingerprint density at radius 1 is 0.793 bits per heavy atom. The number of aryl methyl sites for hydroxylation is 1. The first-order chi connectivity index (χ1) is 14.0. The van der Waals surface area contributed by atoms with Crippen molar-refractivity contribution >= 4 is 0 Å². The van der Waals surface area contributed by atoms with Crippen molar-refractivity contribution in [2.45, 2.75) is 44.9 Å². The molecule has 0 bridgehead atoms. The van der Waals surface area contributed by atoms with E-state index in [9.17, 15) is 13.2 Å². The molecule has 0 radical (unpaired) electrons. The molecule has 1 atom stereocenters. The summed E-state index contributed by atoms with van der Waals surface area (Å²) in [4.78, 5) is 0. The molecule has 0 N–H and O–H groups in total. The molecule has 1 unspecified atom stereocenters. The fourth-order valence-corrected chi connectivity index (χ4v) is 4.89. The van der Waals surface area contributed by atoms with Crippen molar-refractivity contribution in [1.29, 1.82) is 0 Å². The van der Waals surface area contributed by atoms with E-state index in [-0.39, 0.29) is 5.56 Å². The molecule has 2 aromatic carbocycles. The van der Waals surface area contributed by atoms with Gasteiger partial charge in [-0.15, -0.1) is 6.58 Å². The van der Waals surface area contributed by atoms with Gasteiger partial charge in [-0.2, -0.15) is 0 Å². The van der Waals surface area contributed by atoms with Crippen molar-refractivity contribution in [1.82, 2.24) is 0 Å². The minimum Gasteiger partial charge on any atom is -0.204 e. The quantitative estimate of drug-likeness (QED) is 0.306. The van der Waals surface area contributed by atoms with Crippen LogP contribution in [-0.4, -0.2) is 0 Å². The fourth-order valence-electron chi connectivity index (χ4n) is 4.89. The number of hydrogen-bond donors (Lipinski definition) is 0. The van der Waals surface area contributed by atoms with Crippen LogP contribution in [0.25, 0.3) is 0 Å². The summed E-state index contributed by atoms with van der Waals surface area (Å²) in [5.74, 6) is 4.09. The predicted octanol–water partition coefficient (Wildman–Crippen LogP) is 6.60. The van der Waals surface area contributed by atoms with Gasteiger partial charge in [0, 0.05) is 11.1 Å². The molecule has 2 aliphatic carbocycles. The van der Waals surface area contributed by atoms with Crippen LogP contribution >= 0.6 is 0 Å². The maximum atomic E-state index is 13.3. The molecule has 3 heteroatoms. The molecule has 150 valence electrons. The molecule has 2 aliphatic rings. The number of benzene rings is 2. The second kappa shape index (κ2) is 8.49. The lowest BCUT2D eigenvalue weighted by molar-refractivity contribution is 0.206. The van der Waals surface area contributed by atoms with Crippen LogP contribution in [0.1, 0.15) is 54.4 Å². The Balaban J connectivity index is 1.45. The molecule has 4 rings (SSSR count). The number of fused-ring (bicyclic) bond motifs is 1. The molecular formula is C26H25F3. The molecule has 0 heterocycles. The average Bonchev–Trinajstić information content (AvgIpc) is 2.75. The standard InChI is InChI=1S/C26H25F3/c1-2-17-5-8-20(9-6-17)22-12-11-21-13-18(7-10-23(21)16-22)3-4-19-14-24(27)26(29)25(28)15-19/h2,7,10,13-15,17,20,22H,1,5-6,8-9,11-12,16H2. The summed E-state index contributed by atoms with van der Waals surface area (Å²) < 4.78 is 39.7. The van der Waals surface area contributed by atoms with Crippen molar-refractivity contribution < 1.29 is 13.2 Å². The second-order valence-corrected chi connectivity index (χ2v) is 8.40. The highest BCUT2D eigenvalue weighted by atomic mass is 19.2. The Morgan fingerprint density at radius 2 is 1.48 bits per heavy atom. The van der Waals surface area contributed by atoms with Gasteiger partial charge >= 0.3 is 0 Å². The molecule has 0 aliphatic heterocycles. The third kappa shape index (κ3) is 4.42. The smallest absolute Gasteiger partial charge is 0.194 e. The van der Waals surface area contributed by atoms with Crippen molar-refractivity contribution in [2.75, 3.05) is 0 Å². The Labute approximate surface area is 170 Å². The first-order valence-electron chi connectivity index (χ1n) is 10.4. The lowest BCUT2D eigenvalue weighted by atomic mass is 9.70. The highest BCUT2D eigenvalue weighted by Crippen LogP contribution is 2.39. The van der Waals surface area contributed by atoms with Crippen LogP contribution < -0.4 is 0 Å². The van der Waals surface area contributed by atoms with Gasteiger partial charge in [0.25, 0.3) is 0 Å². The van der Waals surface area contributed by atoms with Gasteiger partial charge in [-0.05, 0) is 98.1 Å². The first-order valence-corrected chi connectivity index (χ1v) is 10.4. The number of halogens is 3. The molecule has 0 spiro atoms. The lowest BCUT2D eigenvalue weighted by Crippen LogP contribution is -2.26. The Morgan fingerprint density at radius 3 is 2.17 bits per heavy atom. The number of rotatable bonds is 2. The zero-order valence-corrected chi connectivity index (χ0v) is 16.5. The van der Waals surface area contributed by atoms with E-state index in [2.05, 4.69) is 36.6 Å². The second-order valence-electron chi connectivity index (χ2n) is 8.40. The van der Waals surface area contributed by atoms with Crippen LogP contribution in [0.2, 0.25) is 0 Å². The maximum absolute atomic E-state index is 13.3. The molecule has 0 saturated heterocycles. The largest absolute Gasteiger partial charge is 0.204 e. The van der Waals surface area contributed by atoms with Crippen LogP contribution in [0.15, 0.2) is 43.0 Å². The zero-order valence-electron chi connectivity index (χ0n) is 16.5. The topological polar surface area (TPSA) is 0 Å². The van der Waals surface area contributed by atoms with E-state index in [0.717, 1.165) is 42.4 Å². The van der Waals surface area contributed by atoms with E-state index >= 15 is 0 Å². The van der Waals surface area contributed by atoms with Gasteiger partial charge in [0.15, 0.2) is 17.5 Å². The molecule has 2 aromatic rings. The van der Waals surface area contributed by atoms with Gasteiger partial charge in [-0.25, -0.2) is 13.2 Å². The van der Waals surface area contributed by atoms with Gasteiger partial charge in [-0.1, -0.05) is 24.0 Å². The molecule has 29 heavy (non-hydrogen) atoms. The molecule has 0 amide bonds. The SMILES string of the molecule is C=CC1CCC(C2CCc3cc(C#Cc4cc(F)c(F)c(F)c4)ccc3C2)CC1. The summed E-state index contributed by atoms with van der Waals surface area (Å²) in [5.41, 5.74) is 3.67. The van der Waals surface area contributed by atoms with Crippen LogP contribution in [0, 0.1) is 47.0 Å². The fraction of sp³-hybridized carbons (Fsp3) is 0.385. The zero-order chi connectivity index (χ0) is 20.4. The lowest BCUT2D eigenvalue weighted by Gasteiger charge is -2.36. The van der Waals surface area contributed by atoms with Gasteiger partial charge < -0.3 is 0 Å². The first kappa shape index (κ1) is 19.8. The summed E-state index contributed by atoms with van der Waals surface area (Å²) in [6.07, 6.45) is 10.7. The van der Waals surface area contributed by atoms with E-state index in [1.165, 1.54) is 43.2 Å². The van der Waals surface area contributed by atoms with Crippen LogP contribution in [-0.2, 0) is 12.8 Å². The average molecular weight is 394 g/mol. The van der Waals surface area contributed by atoms with E-state index < -0.39 is 17.5 Å². The highest BCUT2D eigenvalue weighted by molar-refractivity contribution is 5.46. The van der Waals surface area contributed by atoms with Crippen LogP contribution in [0.5, 0.6) is 0 Å². The van der Waals surface area contributed by atoms with E-state index in [1.54, 1.807) is 0 Å². The summed E-state index contributed by atoms with van der Waals surface area (Å²) in [5, 5.41) is 0. The third-order valence-electron chi connectivity index (χ3n) is 6.62. The van der Waals surface area contributed by atoms with Crippen molar-refractivity contribution in [3.05, 3.63) is 82.7 Å². The Hall–Kier alpha value is -2.47. The summed E-state index contributed by atoms with van der Waals surface area (Å²) in [6.45, 7) is 3.94. The van der Waals surface area contributed by atoms with E-state index in [0.29, 0.717) is 5.92 Å². The van der Waals surface area contributed by atoms with Gasteiger partial charge in [0.1, 0.15) is 0 Å². The van der Waals surface area contributed by atoms with E-state index in [1.807, 2.05) is 6.07 Å². The van der Waals surface area contributed by atoms with Gasteiger partial charge in [0.2, 0.25) is 0 Å². The normalized spacial score (nSPS) is 23.6. The molecule has 1 saturated carbocycles. The molecule has 0 nitrogen and oxygen atoms in total. The molecule has 0 aromatic heterocycles. The number of hydrogen-bond acceptors (Lipinski definition) is 0. The van der Waals surface area contributed by atoms with Crippen molar-refractivity contribution in [3.63, 3.8) is 0 Å². The summed E-state index contributed by atoms with van der Waals surface area (Å²) in [6, 6.07) is 8.06. The van der Waals surface area contributed by atoms with Crippen LogP contribution in [0.3, 0.4) is 0 Å². The highest BCUT2D eigenvalue weighted by Gasteiger charge is 2.29. The molecular weight excluding hydrogens is 369 g/mol. The Bertz CT molecular complexity index is 948. The minimum atomic E-state index is -1.46. The molecule has 1 fully saturated rings. The van der Waals surface area contributed by atoms with Crippen molar-refractivity contribution in [2.24, 2.45) is 17.8 Å². The van der Waals surface area contributed by atoms with Gasteiger partial charge in [-0.3, -0.25) is 0 Å². The monoisotopic (exact) mass is 394 g/mol. The van der Waals surface area contributed by atoms with Crippen LogP contribution in [0.4, 0.5) is 13.2 Å². The number of allylic oxidation sites excluding steroid dienone is 1. The third-order valence-corrected chi connectivity index (χ3v) is 6.62. The predicted molar refractivity (Wildman–Crippen MR) is 110 cm³/mol. The summed E-state index contributed by atoms with van der Waals surface area (Å²) >= 11 is 0. The van der Waals surface area contributed by atoms with Crippen molar-refractivity contribution in [3.8, 4) is 11.8 Å². The maximum Gasteiger partial charge on any atom is 0.194 e.